The van der Waals surface area contributed by atoms with Crippen LogP contribution in [0.3, 0.4) is 0 Å². The van der Waals surface area contributed by atoms with Crippen LogP contribution >= 0.6 is 0 Å². The molecule has 1 saturated heterocycles. The lowest BCUT2D eigenvalue weighted by atomic mass is 9.93. The monoisotopic (exact) mass is 406 g/mol. The van der Waals surface area contributed by atoms with Crippen molar-refractivity contribution in [2.75, 3.05) is 13.7 Å². The van der Waals surface area contributed by atoms with E-state index in [4.69, 9.17) is 4.74 Å². The minimum Gasteiger partial charge on any atom is -0.497 e. The van der Waals surface area contributed by atoms with Gasteiger partial charge in [0.1, 0.15) is 11.3 Å². The molecule has 1 N–H and O–H groups in total. The van der Waals surface area contributed by atoms with Crippen LogP contribution in [0.25, 0.3) is 0 Å². The number of ether oxygens (including phenoxy) is 1. The van der Waals surface area contributed by atoms with Crippen LogP contribution in [-0.2, 0) is 24.1 Å². The van der Waals surface area contributed by atoms with E-state index in [2.05, 4.69) is 5.32 Å². The lowest BCUT2D eigenvalue weighted by molar-refractivity contribution is -0.130. The predicted octanol–water partition coefficient (Wildman–Crippen LogP) is 3.31. The number of carbonyl (C=O) groups is 3. The van der Waals surface area contributed by atoms with Crippen LogP contribution in [0.15, 0.2) is 42.5 Å². The number of fused-ring (bicyclic) bond motifs is 1. The van der Waals surface area contributed by atoms with Crippen molar-refractivity contribution in [2.45, 2.75) is 44.6 Å². The highest BCUT2D eigenvalue weighted by atomic mass is 16.5. The van der Waals surface area contributed by atoms with Crippen molar-refractivity contribution in [3.05, 3.63) is 64.7 Å². The number of nitrogens with one attached hydrogen (secondary N) is 1. The van der Waals surface area contributed by atoms with Gasteiger partial charge in [-0.1, -0.05) is 24.3 Å². The Labute approximate surface area is 176 Å². The van der Waals surface area contributed by atoms with Crippen LogP contribution in [0.1, 0.15) is 46.8 Å². The van der Waals surface area contributed by atoms with Crippen molar-refractivity contribution in [3.8, 4) is 5.75 Å². The van der Waals surface area contributed by atoms with Crippen molar-refractivity contribution in [2.24, 2.45) is 0 Å². The Kier molecular flexibility index (Phi) is 5.33. The van der Waals surface area contributed by atoms with Crippen LogP contribution in [0.2, 0.25) is 0 Å². The van der Waals surface area contributed by atoms with E-state index in [9.17, 15) is 14.4 Å². The van der Waals surface area contributed by atoms with Crippen molar-refractivity contribution >= 4 is 17.7 Å². The number of hydrogen-bond donors (Lipinski definition) is 1. The number of imide groups is 1. The molecule has 0 radical (unpaired) electrons. The van der Waals surface area contributed by atoms with Crippen LogP contribution < -0.4 is 10.1 Å². The summed E-state index contributed by atoms with van der Waals surface area (Å²) in [6.45, 7) is 1.48. The zero-order valence-electron chi connectivity index (χ0n) is 17.4. The molecule has 1 fully saturated rings. The molecule has 2 aromatic carbocycles. The van der Waals surface area contributed by atoms with Crippen molar-refractivity contribution in [1.29, 1.82) is 0 Å². The zero-order valence-corrected chi connectivity index (χ0v) is 17.4. The molecular weight excluding hydrogens is 380 g/mol. The molecule has 4 rings (SSSR count). The summed E-state index contributed by atoms with van der Waals surface area (Å²) in [4.78, 5) is 39.3. The number of rotatable bonds is 7. The second-order valence-electron chi connectivity index (χ2n) is 8.26. The maximum absolute atomic E-state index is 13.0. The number of methoxy groups -OCH3 is 1. The van der Waals surface area contributed by atoms with E-state index in [1.807, 2.05) is 36.4 Å². The summed E-state index contributed by atoms with van der Waals surface area (Å²) in [6.07, 6.45) is 4.20. The largest absolute Gasteiger partial charge is 0.497 e. The van der Waals surface area contributed by atoms with Crippen LogP contribution in [0, 0.1) is 0 Å². The lowest BCUT2D eigenvalue weighted by Crippen LogP contribution is -2.44. The van der Waals surface area contributed by atoms with E-state index >= 15 is 0 Å². The summed E-state index contributed by atoms with van der Waals surface area (Å²) in [7, 11) is 1.61. The fourth-order valence-electron chi connectivity index (χ4n) is 4.23. The number of urea groups is 1. The standard InChI is InChI=1S/C24H26N2O4/c1-24(13-12-16-6-10-20(30-2)11-7-16)22(28)26(23(29)25-24)15-21(27)19-9-8-17-4-3-5-18(17)14-19/h6-11,14H,3-5,12-13,15H2,1-2H3,(H,25,29)/t24-/m1/s1. The second kappa shape index (κ2) is 7.94. The maximum atomic E-state index is 13.0. The second-order valence-corrected chi connectivity index (χ2v) is 8.26. The van der Waals surface area contributed by atoms with E-state index in [-0.39, 0.29) is 18.2 Å². The Morgan fingerprint density at radius 1 is 1.10 bits per heavy atom. The highest BCUT2D eigenvalue weighted by Crippen LogP contribution is 2.26. The molecule has 1 atom stereocenters. The summed E-state index contributed by atoms with van der Waals surface area (Å²) >= 11 is 0. The lowest BCUT2D eigenvalue weighted by Gasteiger charge is -2.21. The molecule has 0 spiro atoms. The number of Topliss-reactive ketones (excluding diaryl/α,β-unsaturated/α-hetero) is 1. The predicted molar refractivity (Wildman–Crippen MR) is 113 cm³/mol. The van der Waals surface area contributed by atoms with Crippen molar-refractivity contribution < 1.29 is 19.1 Å². The van der Waals surface area contributed by atoms with Gasteiger partial charge in [-0.25, -0.2) is 4.79 Å². The Hall–Kier alpha value is -3.15. The topological polar surface area (TPSA) is 75.7 Å². The number of amides is 3. The first kappa shape index (κ1) is 20.1. The number of ketones is 1. The third-order valence-corrected chi connectivity index (χ3v) is 6.14. The number of carbonyl (C=O) groups excluding carboxylic acids is 3. The quantitative estimate of drug-likeness (QED) is 0.565. The number of hydrogen-bond acceptors (Lipinski definition) is 4. The molecule has 1 aliphatic carbocycles. The van der Waals surface area contributed by atoms with Gasteiger partial charge in [-0.15, -0.1) is 0 Å². The summed E-state index contributed by atoms with van der Waals surface area (Å²) in [6, 6.07) is 12.8. The SMILES string of the molecule is COc1ccc(CC[C@@]2(C)NC(=O)N(CC(=O)c3ccc4c(c3)CCC4)C2=O)cc1. The van der Waals surface area contributed by atoms with E-state index in [1.165, 1.54) is 11.1 Å². The first-order valence-electron chi connectivity index (χ1n) is 10.3. The molecule has 30 heavy (non-hydrogen) atoms. The van der Waals surface area contributed by atoms with Crippen LogP contribution in [0.4, 0.5) is 4.79 Å². The molecule has 6 heteroatoms. The van der Waals surface area contributed by atoms with Gasteiger partial charge in [0, 0.05) is 5.56 Å². The molecule has 1 heterocycles. The molecule has 3 amide bonds. The van der Waals surface area contributed by atoms with Gasteiger partial charge in [-0.3, -0.25) is 14.5 Å². The van der Waals surface area contributed by atoms with Gasteiger partial charge < -0.3 is 10.1 Å². The van der Waals surface area contributed by atoms with Gasteiger partial charge in [0.25, 0.3) is 5.91 Å². The number of benzene rings is 2. The van der Waals surface area contributed by atoms with Crippen LogP contribution in [0.5, 0.6) is 5.75 Å². The fourth-order valence-corrected chi connectivity index (χ4v) is 4.23. The molecule has 2 aliphatic rings. The van der Waals surface area contributed by atoms with Crippen molar-refractivity contribution in [3.63, 3.8) is 0 Å². The molecule has 0 saturated carbocycles. The van der Waals surface area contributed by atoms with E-state index in [0.29, 0.717) is 18.4 Å². The molecule has 1 aliphatic heterocycles. The van der Waals surface area contributed by atoms with Crippen LogP contribution in [-0.4, -0.2) is 41.8 Å². The summed E-state index contributed by atoms with van der Waals surface area (Å²) in [5, 5.41) is 2.78. The van der Waals surface area contributed by atoms with E-state index in [0.717, 1.165) is 35.5 Å². The minimum atomic E-state index is -1.02. The molecule has 6 nitrogen and oxygen atoms in total. The third-order valence-electron chi connectivity index (χ3n) is 6.14. The maximum Gasteiger partial charge on any atom is 0.325 e. The fraction of sp³-hybridized carbons (Fsp3) is 0.375. The van der Waals surface area contributed by atoms with Gasteiger partial charge in [0.2, 0.25) is 0 Å². The Bertz CT molecular complexity index is 999. The molecule has 0 aromatic heterocycles. The zero-order chi connectivity index (χ0) is 21.3. The molecular formula is C24H26N2O4. The molecule has 156 valence electrons. The van der Waals surface area contributed by atoms with Gasteiger partial charge in [-0.05, 0) is 73.9 Å². The molecule has 2 aromatic rings. The van der Waals surface area contributed by atoms with Gasteiger partial charge >= 0.3 is 6.03 Å². The normalized spacial score (nSPS) is 20.3. The van der Waals surface area contributed by atoms with Gasteiger partial charge in [-0.2, -0.15) is 0 Å². The first-order valence-corrected chi connectivity index (χ1v) is 10.3. The van der Waals surface area contributed by atoms with E-state index in [1.54, 1.807) is 20.1 Å². The van der Waals surface area contributed by atoms with Gasteiger partial charge in [0.05, 0.1) is 13.7 Å². The van der Waals surface area contributed by atoms with E-state index < -0.39 is 11.6 Å². The smallest absolute Gasteiger partial charge is 0.325 e. The molecule has 0 unspecified atom stereocenters. The highest BCUT2D eigenvalue weighted by Gasteiger charge is 2.47. The minimum absolute atomic E-state index is 0.215. The Morgan fingerprint density at radius 2 is 1.83 bits per heavy atom. The Balaban J connectivity index is 1.41. The van der Waals surface area contributed by atoms with Crippen molar-refractivity contribution in [1.82, 2.24) is 10.2 Å². The number of aryl methyl sites for hydroxylation is 3. The highest BCUT2D eigenvalue weighted by molar-refractivity contribution is 6.11. The molecule has 0 bridgehead atoms. The third kappa shape index (κ3) is 3.82. The number of nitrogens with zero attached hydrogens (tertiary/aromatic N) is 1. The average Bonchev–Trinajstić information content (AvgIpc) is 3.30. The Morgan fingerprint density at radius 3 is 2.57 bits per heavy atom. The summed E-state index contributed by atoms with van der Waals surface area (Å²) in [5.74, 6) is 0.203. The average molecular weight is 406 g/mol. The van der Waals surface area contributed by atoms with Gasteiger partial charge in [0.15, 0.2) is 5.78 Å². The summed E-state index contributed by atoms with van der Waals surface area (Å²) < 4.78 is 5.16. The first-order chi connectivity index (χ1) is 14.4. The summed E-state index contributed by atoms with van der Waals surface area (Å²) in [5.41, 5.74) is 3.07.